The zero-order valence-electron chi connectivity index (χ0n) is 12.1. The van der Waals surface area contributed by atoms with Crippen molar-refractivity contribution in [1.29, 1.82) is 0 Å². The molecule has 20 heavy (non-hydrogen) atoms. The molecule has 2 aromatic heterocycles. The van der Waals surface area contributed by atoms with E-state index in [9.17, 15) is 4.79 Å². The summed E-state index contributed by atoms with van der Waals surface area (Å²) in [5, 5.41) is 8.25. The van der Waals surface area contributed by atoms with Gasteiger partial charge in [0.05, 0.1) is 5.69 Å². The zero-order valence-corrected chi connectivity index (χ0v) is 12.1. The number of aromatic nitrogens is 2. The Kier molecular flexibility index (Phi) is 4.02. The molecule has 0 fully saturated rings. The summed E-state index contributed by atoms with van der Waals surface area (Å²) >= 11 is 0. The van der Waals surface area contributed by atoms with Crippen LogP contribution < -0.4 is 5.43 Å². The van der Waals surface area contributed by atoms with E-state index >= 15 is 0 Å². The first kappa shape index (κ1) is 14.0. The molecule has 0 aliphatic carbocycles. The van der Waals surface area contributed by atoms with Crippen molar-refractivity contribution in [2.75, 3.05) is 0 Å². The Labute approximate surface area is 117 Å². The van der Waals surface area contributed by atoms with Gasteiger partial charge in [-0.15, -0.1) is 0 Å². The molecule has 0 aromatic carbocycles. The number of amides is 1. The smallest absolute Gasteiger partial charge is 0.261 e. The Hall–Kier alpha value is -2.37. The molecule has 0 radical (unpaired) electrons. The molecule has 2 aromatic rings. The summed E-state index contributed by atoms with van der Waals surface area (Å²) in [6, 6.07) is 5.60. The fourth-order valence-electron chi connectivity index (χ4n) is 1.84. The van der Waals surface area contributed by atoms with Crippen molar-refractivity contribution in [3.63, 3.8) is 0 Å². The lowest BCUT2D eigenvalue weighted by atomic mass is 10.3. The molecule has 0 bridgehead atoms. The molecule has 0 aliphatic rings. The van der Waals surface area contributed by atoms with Crippen LogP contribution in [-0.4, -0.2) is 21.4 Å². The maximum Gasteiger partial charge on any atom is 0.261 e. The first-order valence-electron chi connectivity index (χ1n) is 6.36. The Morgan fingerprint density at radius 3 is 2.70 bits per heavy atom. The van der Waals surface area contributed by atoms with E-state index in [2.05, 4.69) is 15.6 Å². The molecule has 0 spiro atoms. The van der Waals surface area contributed by atoms with Crippen LogP contribution in [0.4, 0.5) is 0 Å². The average Bonchev–Trinajstić information content (AvgIpc) is 2.93. The second-order valence-electron chi connectivity index (χ2n) is 4.73. The molecule has 1 amide bonds. The molecule has 1 N–H and O–H groups in total. The summed E-state index contributed by atoms with van der Waals surface area (Å²) < 4.78 is 7.06. The number of hydrogen-bond donors (Lipinski definition) is 1. The molecule has 2 rings (SSSR count). The summed E-state index contributed by atoms with van der Waals surface area (Å²) in [7, 11) is 0. The van der Waals surface area contributed by atoms with E-state index in [0.717, 1.165) is 17.1 Å². The minimum atomic E-state index is -0.223. The van der Waals surface area contributed by atoms with E-state index in [0.29, 0.717) is 11.5 Å². The van der Waals surface area contributed by atoms with Crippen LogP contribution in [0.25, 0.3) is 0 Å². The number of carbonyl (C=O) groups is 1. The van der Waals surface area contributed by atoms with Crippen molar-refractivity contribution < 1.29 is 9.21 Å². The van der Waals surface area contributed by atoms with Crippen LogP contribution in [0.1, 0.15) is 29.8 Å². The summed E-state index contributed by atoms with van der Waals surface area (Å²) in [4.78, 5) is 11.8. The molecule has 0 atom stereocenters. The maximum absolute atomic E-state index is 11.8. The third-order valence-electron chi connectivity index (χ3n) is 2.84. The number of hydrazone groups is 1. The van der Waals surface area contributed by atoms with Gasteiger partial charge in [-0.05, 0) is 45.9 Å². The van der Waals surface area contributed by atoms with E-state index in [1.54, 1.807) is 11.6 Å². The van der Waals surface area contributed by atoms with Gasteiger partial charge in [0.15, 0.2) is 0 Å². The number of rotatable bonds is 4. The molecule has 106 valence electrons. The summed E-state index contributed by atoms with van der Waals surface area (Å²) in [6.45, 7) is 7.59. The topological polar surface area (TPSA) is 72.4 Å². The van der Waals surface area contributed by atoms with Crippen molar-refractivity contribution in [3.05, 3.63) is 41.1 Å². The molecule has 2 heterocycles. The van der Waals surface area contributed by atoms with Gasteiger partial charge in [-0.25, -0.2) is 5.43 Å². The molecule has 6 nitrogen and oxygen atoms in total. The lowest BCUT2D eigenvalue weighted by Gasteiger charge is -2.03. The third-order valence-corrected chi connectivity index (χ3v) is 2.84. The van der Waals surface area contributed by atoms with Crippen LogP contribution in [0.3, 0.4) is 0 Å². The third kappa shape index (κ3) is 3.34. The highest BCUT2D eigenvalue weighted by Crippen LogP contribution is 2.07. The lowest BCUT2D eigenvalue weighted by molar-refractivity contribution is -0.121. The minimum absolute atomic E-state index is 0.146. The number of hydrogen-bond acceptors (Lipinski definition) is 4. The molecule has 0 aliphatic heterocycles. The fourth-order valence-corrected chi connectivity index (χ4v) is 1.84. The van der Waals surface area contributed by atoms with Gasteiger partial charge >= 0.3 is 0 Å². The van der Waals surface area contributed by atoms with Crippen molar-refractivity contribution in [3.8, 4) is 0 Å². The quantitative estimate of drug-likeness (QED) is 0.684. The van der Waals surface area contributed by atoms with Crippen molar-refractivity contribution in [2.45, 2.75) is 34.2 Å². The molecule has 6 heteroatoms. The predicted molar refractivity (Wildman–Crippen MR) is 75.5 cm³/mol. The lowest BCUT2D eigenvalue weighted by Crippen LogP contribution is -2.25. The first-order chi connectivity index (χ1) is 9.45. The Morgan fingerprint density at radius 1 is 1.40 bits per heavy atom. The maximum atomic E-state index is 11.8. The Balaban J connectivity index is 1.96. The van der Waals surface area contributed by atoms with Crippen LogP contribution in [-0.2, 0) is 11.3 Å². The van der Waals surface area contributed by atoms with Gasteiger partial charge in [-0.1, -0.05) is 0 Å². The fraction of sp³-hybridized carbons (Fsp3) is 0.357. The van der Waals surface area contributed by atoms with Crippen molar-refractivity contribution in [2.24, 2.45) is 5.10 Å². The van der Waals surface area contributed by atoms with E-state index in [-0.39, 0.29) is 12.5 Å². The van der Waals surface area contributed by atoms with E-state index < -0.39 is 0 Å². The number of aryl methyl sites for hydroxylation is 3. The van der Waals surface area contributed by atoms with Crippen LogP contribution >= 0.6 is 0 Å². The monoisotopic (exact) mass is 274 g/mol. The number of furan rings is 1. The van der Waals surface area contributed by atoms with Gasteiger partial charge in [-0.3, -0.25) is 9.48 Å². The molecular formula is C14H18N4O2. The number of nitrogens with zero attached hydrogens (tertiary/aromatic N) is 3. The number of nitrogens with one attached hydrogen (secondary N) is 1. The second kappa shape index (κ2) is 5.73. The predicted octanol–water partition coefficient (Wildman–Crippen LogP) is 1.94. The van der Waals surface area contributed by atoms with Crippen LogP contribution in [0.5, 0.6) is 0 Å². The molecular weight excluding hydrogens is 256 g/mol. The minimum Gasteiger partial charge on any atom is -0.460 e. The number of carbonyl (C=O) groups excluding carboxylic acids is 1. The second-order valence-corrected chi connectivity index (χ2v) is 4.73. The Bertz CT molecular complexity index is 652. The largest absolute Gasteiger partial charge is 0.460 e. The van der Waals surface area contributed by atoms with Gasteiger partial charge in [0, 0.05) is 5.69 Å². The zero-order chi connectivity index (χ0) is 14.7. The highest BCUT2D eigenvalue weighted by atomic mass is 16.3. The standard InChI is InChI=1S/C14H18N4O2/c1-9-7-10(2)18(17-9)8-14(19)16-15-12(4)13-6-5-11(3)20-13/h5-7H,8H2,1-4H3,(H,16,19). The SMILES string of the molecule is CC(=NNC(=O)Cn1nc(C)cc1C)c1ccc(C)o1. The van der Waals surface area contributed by atoms with Gasteiger partial charge in [0.1, 0.15) is 23.8 Å². The van der Waals surface area contributed by atoms with Crippen LogP contribution in [0.2, 0.25) is 0 Å². The van der Waals surface area contributed by atoms with E-state index in [4.69, 9.17) is 4.42 Å². The molecule has 0 saturated carbocycles. The normalized spacial score (nSPS) is 11.7. The summed E-state index contributed by atoms with van der Waals surface area (Å²) in [6.07, 6.45) is 0. The average molecular weight is 274 g/mol. The Morgan fingerprint density at radius 2 is 2.15 bits per heavy atom. The van der Waals surface area contributed by atoms with Gasteiger partial charge in [0.2, 0.25) is 0 Å². The van der Waals surface area contributed by atoms with E-state index in [1.165, 1.54) is 0 Å². The van der Waals surface area contributed by atoms with Crippen LogP contribution in [0, 0.1) is 20.8 Å². The van der Waals surface area contributed by atoms with Crippen molar-refractivity contribution >= 4 is 11.6 Å². The van der Waals surface area contributed by atoms with Gasteiger partial charge in [0.25, 0.3) is 5.91 Å². The molecule has 0 saturated heterocycles. The van der Waals surface area contributed by atoms with Crippen LogP contribution in [0.15, 0.2) is 27.7 Å². The van der Waals surface area contributed by atoms with Crippen molar-refractivity contribution in [1.82, 2.24) is 15.2 Å². The summed E-state index contributed by atoms with van der Waals surface area (Å²) in [5.74, 6) is 1.23. The van der Waals surface area contributed by atoms with Gasteiger partial charge in [-0.2, -0.15) is 10.2 Å². The summed E-state index contributed by atoms with van der Waals surface area (Å²) in [5.41, 5.74) is 4.96. The molecule has 0 unspecified atom stereocenters. The van der Waals surface area contributed by atoms with E-state index in [1.807, 2.05) is 39.0 Å². The highest BCUT2D eigenvalue weighted by molar-refractivity contribution is 5.96. The van der Waals surface area contributed by atoms with Gasteiger partial charge < -0.3 is 4.42 Å². The first-order valence-corrected chi connectivity index (χ1v) is 6.36. The highest BCUT2D eigenvalue weighted by Gasteiger charge is 2.07.